The minimum absolute atomic E-state index is 0.742. The summed E-state index contributed by atoms with van der Waals surface area (Å²) < 4.78 is 0. The highest BCUT2D eigenvalue weighted by Gasteiger charge is 2.20. The van der Waals surface area contributed by atoms with Crippen LogP contribution in [0.3, 0.4) is 0 Å². The summed E-state index contributed by atoms with van der Waals surface area (Å²) in [7, 11) is 1.95. The second-order valence-electron chi connectivity index (χ2n) is 4.66. The van der Waals surface area contributed by atoms with Crippen molar-refractivity contribution >= 4 is 29.1 Å². The van der Waals surface area contributed by atoms with E-state index in [4.69, 9.17) is 11.6 Å². The summed E-state index contributed by atoms with van der Waals surface area (Å²) in [5.41, 5.74) is 2.43. The number of thioether (sulfide) groups is 1. The molecule has 2 rings (SSSR count). The molecular formula is C14H21ClN2S. The Morgan fingerprint density at radius 3 is 3.00 bits per heavy atom. The predicted molar refractivity (Wildman–Crippen MR) is 83.0 cm³/mol. The maximum Gasteiger partial charge on any atom is 0.0642 e. The minimum atomic E-state index is 0.742. The number of benzene rings is 1. The van der Waals surface area contributed by atoms with E-state index in [1.807, 2.05) is 7.05 Å². The fraction of sp³-hybridized carbons (Fsp3) is 0.571. The first-order valence-electron chi connectivity index (χ1n) is 6.54. The van der Waals surface area contributed by atoms with Crippen molar-refractivity contribution in [2.24, 2.45) is 0 Å². The number of hydrogen-bond acceptors (Lipinski definition) is 3. The molecule has 0 spiro atoms. The molecule has 0 aromatic heterocycles. The molecule has 2 nitrogen and oxygen atoms in total. The number of rotatable bonds is 4. The van der Waals surface area contributed by atoms with Crippen molar-refractivity contribution in [1.29, 1.82) is 0 Å². The summed E-state index contributed by atoms with van der Waals surface area (Å²) in [5, 5.41) is 4.77. The molecule has 0 amide bonds. The van der Waals surface area contributed by atoms with Crippen molar-refractivity contribution in [2.45, 2.75) is 25.1 Å². The Morgan fingerprint density at radius 1 is 1.50 bits per heavy atom. The highest BCUT2D eigenvalue weighted by Crippen LogP contribution is 2.31. The first-order chi connectivity index (χ1) is 8.74. The van der Waals surface area contributed by atoms with Crippen LogP contribution < -0.4 is 10.2 Å². The van der Waals surface area contributed by atoms with Crippen molar-refractivity contribution < 1.29 is 0 Å². The van der Waals surface area contributed by atoms with E-state index in [9.17, 15) is 0 Å². The van der Waals surface area contributed by atoms with Crippen molar-refractivity contribution in [3.05, 3.63) is 28.8 Å². The number of hydrogen-bond donors (Lipinski definition) is 1. The molecule has 1 atom stereocenters. The first kappa shape index (κ1) is 14.0. The first-order valence-corrected chi connectivity index (χ1v) is 7.96. The summed E-state index contributed by atoms with van der Waals surface area (Å²) in [6.07, 6.45) is 1.23. The van der Waals surface area contributed by atoms with Gasteiger partial charge in [-0.15, -0.1) is 0 Å². The topological polar surface area (TPSA) is 15.3 Å². The molecule has 1 aromatic rings. The summed E-state index contributed by atoms with van der Waals surface area (Å²) in [5.74, 6) is 1.20. The van der Waals surface area contributed by atoms with Gasteiger partial charge in [0, 0.05) is 30.6 Å². The lowest BCUT2D eigenvalue weighted by Crippen LogP contribution is -2.37. The summed E-state index contributed by atoms with van der Waals surface area (Å²) in [6, 6.07) is 6.41. The zero-order valence-corrected chi connectivity index (χ0v) is 12.7. The van der Waals surface area contributed by atoms with Crippen molar-refractivity contribution in [2.75, 3.05) is 30.8 Å². The third kappa shape index (κ3) is 3.34. The van der Waals surface area contributed by atoms with Crippen LogP contribution in [0.25, 0.3) is 0 Å². The standard InChI is InChI=1S/C14H21ClN2S/c1-3-12-10-17(6-7-18-12)14-5-4-11(9-16-2)8-13(14)15/h4-5,8,12,16H,3,6-7,9-10H2,1-2H3. The molecule has 0 saturated carbocycles. The minimum Gasteiger partial charge on any atom is -0.368 e. The van der Waals surface area contributed by atoms with Gasteiger partial charge in [-0.3, -0.25) is 0 Å². The Hall–Kier alpha value is -0.380. The van der Waals surface area contributed by atoms with Crippen LogP contribution in [-0.4, -0.2) is 31.1 Å². The van der Waals surface area contributed by atoms with Gasteiger partial charge in [-0.1, -0.05) is 24.6 Å². The maximum absolute atomic E-state index is 6.41. The quantitative estimate of drug-likeness (QED) is 0.912. The Morgan fingerprint density at radius 2 is 2.33 bits per heavy atom. The van der Waals surface area contributed by atoms with Crippen LogP contribution in [0.4, 0.5) is 5.69 Å². The van der Waals surface area contributed by atoms with Gasteiger partial charge in [0.05, 0.1) is 10.7 Å². The SMILES string of the molecule is CCC1CN(c2ccc(CNC)cc2Cl)CCS1. The lowest BCUT2D eigenvalue weighted by molar-refractivity contribution is 0.728. The van der Waals surface area contributed by atoms with Crippen LogP contribution in [0.5, 0.6) is 0 Å². The lowest BCUT2D eigenvalue weighted by Gasteiger charge is -2.34. The summed E-state index contributed by atoms with van der Waals surface area (Å²) in [6.45, 7) is 5.35. The van der Waals surface area contributed by atoms with Crippen LogP contribution in [0.1, 0.15) is 18.9 Å². The van der Waals surface area contributed by atoms with E-state index in [-0.39, 0.29) is 0 Å². The molecule has 1 fully saturated rings. The normalized spacial score (nSPS) is 20.2. The van der Waals surface area contributed by atoms with Gasteiger partial charge < -0.3 is 10.2 Å². The Bertz CT molecular complexity index is 397. The van der Waals surface area contributed by atoms with Crippen molar-refractivity contribution in [3.8, 4) is 0 Å². The molecule has 1 unspecified atom stereocenters. The molecule has 18 heavy (non-hydrogen) atoms. The molecule has 1 aliphatic rings. The van der Waals surface area contributed by atoms with Gasteiger partial charge in [0.2, 0.25) is 0 Å². The Labute approximate surface area is 119 Å². The van der Waals surface area contributed by atoms with Gasteiger partial charge in [-0.2, -0.15) is 11.8 Å². The molecule has 100 valence electrons. The molecule has 0 radical (unpaired) electrons. The fourth-order valence-corrected chi connectivity index (χ4v) is 3.81. The van der Waals surface area contributed by atoms with Gasteiger partial charge in [-0.25, -0.2) is 0 Å². The predicted octanol–water partition coefficient (Wildman–Crippen LogP) is 3.39. The van der Waals surface area contributed by atoms with Gasteiger partial charge in [0.25, 0.3) is 0 Å². The molecule has 4 heteroatoms. The Balaban J connectivity index is 2.12. The zero-order chi connectivity index (χ0) is 13.0. The fourth-order valence-electron chi connectivity index (χ4n) is 2.31. The molecule has 0 aliphatic carbocycles. The van der Waals surface area contributed by atoms with Crippen LogP contribution in [-0.2, 0) is 6.54 Å². The smallest absolute Gasteiger partial charge is 0.0642 e. The van der Waals surface area contributed by atoms with Crippen LogP contribution in [0.2, 0.25) is 5.02 Å². The third-order valence-corrected chi connectivity index (χ3v) is 5.00. The van der Waals surface area contributed by atoms with E-state index in [1.165, 1.54) is 23.4 Å². The highest BCUT2D eigenvalue weighted by atomic mass is 35.5. The molecule has 1 heterocycles. The Kier molecular flexibility index (Phi) is 5.22. The maximum atomic E-state index is 6.41. The number of halogens is 1. The van der Waals surface area contributed by atoms with E-state index in [1.54, 1.807) is 0 Å². The lowest BCUT2D eigenvalue weighted by atomic mass is 10.1. The summed E-state index contributed by atoms with van der Waals surface area (Å²) >= 11 is 8.50. The number of nitrogens with zero attached hydrogens (tertiary/aromatic N) is 1. The van der Waals surface area contributed by atoms with Crippen LogP contribution in [0, 0.1) is 0 Å². The molecule has 1 N–H and O–H groups in total. The van der Waals surface area contributed by atoms with Crippen LogP contribution >= 0.6 is 23.4 Å². The van der Waals surface area contributed by atoms with Crippen molar-refractivity contribution in [3.63, 3.8) is 0 Å². The van der Waals surface area contributed by atoms with E-state index in [0.29, 0.717) is 0 Å². The van der Waals surface area contributed by atoms with Gasteiger partial charge in [-0.05, 0) is 31.2 Å². The van der Waals surface area contributed by atoms with Crippen LogP contribution in [0.15, 0.2) is 18.2 Å². The zero-order valence-electron chi connectivity index (χ0n) is 11.1. The average Bonchev–Trinajstić information content (AvgIpc) is 2.39. The monoisotopic (exact) mass is 284 g/mol. The second-order valence-corrected chi connectivity index (χ2v) is 6.48. The van der Waals surface area contributed by atoms with Crippen molar-refractivity contribution in [1.82, 2.24) is 5.32 Å². The second kappa shape index (κ2) is 6.69. The van der Waals surface area contributed by atoms with Gasteiger partial charge in [0.1, 0.15) is 0 Å². The molecule has 1 saturated heterocycles. The number of anilines is 1. The van der Waals surface area contributed by atoms with Gasteiger partial charge >= 0.3 is 0 Å². The third-order valence-electron chi connectivity index (χ3n) is 3.33. The highest BCUT2D eigenvalue weighted by molar-refractivity contribution is 8.00. The summed E-state index contributed by atoms with van der Waals surface area (Å²) in [4.78, 5) is 2.43. The van der Waals surface area contributed by atoms with E-state index in [2.05, 4.69) is 47.1 Å². The molecular weight excluding hydrogens is 264 g/mol. The largest absolute Gasteiger partial charge is 0.368 e. The van der Waals surface area contributed by atoms with E-state index in [0.717, 1.165) is 29.9 Å². The number of nitrogens with one attached hydrogen (secondary N) is 1. The van der Waals surface area contributed by atoms with E-state index < -0.39 is 0 Å². The van der Waals surface area contributed by atoms with E-state index >= 15 is 0 Å². The molecule has 1 aromatic carbocycles. The van der Waals surface area contributed by atoms with Gasteiger partial charge in [0.15, 0.2) is 0 Å². The average molecular weight is 285 g/mol. The molecule has 0 bridgehead atoms. The molecule has 1 aliphatic heterocycles.